The summed E-state index contributed by atoms with van der Waals surface area (Å²) in [7, 11) is 0. The zero-order valence-corrected chi connectivity index (χ0v) is 27.1. The highest BCUT2D eigenvalue weighted by Gasteiger charge is 2.38. The highest BCUT2D eigenvalue weighted by molar-refractivity contribution is 7.16. The molecule has 1 aliphatic heterocycles. The van der Waals surface area contributed by atoms with Gasteiger partial charge in [-0.3, -0.25) is 9.69 Å². The van der Waals surface area contributed by atoms with Crippen LogP contribution in [0.2, 0.25) is 0 Å². The fourth-order valence-corrected chi connectivity index (χ4v) is 6.09. The summed E-state index contributed by atoms with van der Waals surface area (Å²) in [4.78, 5) is 34.4. The van der Waals surface area contributed by atoms with Gasteiger partial charge in [-0.15, -0.1) is 0 Å². The third-order valence-electron chi connectivity index (χ3n) is 7.62. The van der Waals surface area contributed by atoms with Gasteiger partial charge in [0.15, 0.2) is 0 Å². The zero-order chi connectivity index (χ0) is 37.1. The number of halogens is 6. The van der Waals surface area contributed by atoms with E-state index < -0.39 is 30.4 Å². The number of thiazole rings is 1. The monoisotopic (exact) mass is 731 g/mol. The average molecular weight is 732 g/mol. The summed E-state index contributed by atoms with van der Waals surface area (Å²) in [5.41, 5.74) is 5.14. The smallest absolute Gasteiger partial charge is 0.490 e. The van der Waals surface area contributed by atoms with E-state index in [-0.39, 0.29) is 10.6 Å². The first-order valence-corrected chi connectivity index (χ1v) is 16.0. The Hall–Kier alpha value is -4.45. The van der Waals surface area contributed by atoms with Gasteiger partial charge in [-0.2, -0.15) is 26.3 Å². The number of hydrogen-bond donors (Lipinski definition) is 6. The van der Waals surface area contributed by atoms with Crippen molar-refractivity contribution in [3.05, 3.63) is 98.7 Å². The number of aromatic hydroxyl groups is 1. The number of aromatic amines is 1. The second-order valence-corrected chi connectivity index (χ2v) is 12.2. The molecule has 0 radical (unpaired) electrons. The van der Waals surface area contributed by atoms with Crippen LogP contribution in [0.15, 0.2) is 71.5 Å². The summed E-state index contributed by atoms with van der Waals surface area (Å²) in [5.74, 6) is -4.82. The molecule has 0 amide bonds. The van der Waals surface area contributed by atoms with E-state index in [9.17, 15) is 41.4 Å². The van der Waals surface area contributed by atoms with Crippen LogP contribution in [0, 0.1) is 0 Å². The van der Waals surface area contributed by atoms with Crippen LogP contribution in [0.1, 0.15) is 47.1 Å². The van der Waals surface area contributed by atoms with E-state index in [4.69, 9.17) is 19.8 Å². The van der Waals surface area contributed by atoms with Crippen LogP contribution >= 0.6 is 11.3 Å². The summed E-state index contributed by atoms with van der Waals surface area (Å²) in [6, 6.07) is 22.9. The van der Waals surface area contributed by atoms with Gasteiger partial charge in [0.05, 0.1) is 10.8 Å². The number of aliphatic carboxylic acids is 2. The number of aliphatic hydroxyl groups excluding tert-OH is 1. The molecule has 1 aliphatic rings. The minimum Gasteiger partial charge on any atom is -0.506 e. The number of nitrogens with one attached hydrogen (secondary N) is 2. The van der Waals surface area contributed by atoms with Crippen LogP contribution in [-0.4, -0.2) is 80.8 Å². The van der Waals surface area contributed by atoms with E-state index in [1.807, 2.05) is 0 Å². The molecule has 0 unspecified atom stereocenters. The van der Waals surface area contributed by atoms with Crippen LogP contribution in [0.4, 0.5) is 26.3 Å². The number of phenolic OH excluding ortho intramolecular Hbond substituents is 1. The van der Waals surface area contributed by atoms with Crippen molar-refractivity contribution in [3.8, 4) is 5.75 Å². The molecule has 1 atom stereocenters. The number of aromatic nitrogens is 1. The van der Waals surface area contributed by atoms with Crippen LogP contribution in [0.5, 0.6) is 5.75 Å². The van der Waals surface area contributed by atoms with Crippen molar-refractivity contribution in [1.29, 1.82) is 0 Å². The number of carbonyl (C=O) groups is 2. The number of H-pyrrole nitrogens is 1. The molecule has 2 heterocycles. The number of fused-ring (bicyclic) bond motifs is 1. The maximum Gasteiger partial charge on any atom is 0.490 e. The minimum atomic E-state index is -5.08. The normalized spacial score (nSPS) is 14.6. The molecule has 1 saturated heterocycles. The Morgan fingerprint density at radius 3 is 2.06 bits per heavy atom. The van der Waals surface area contributed by atoms with Crippen molar-refractivity contribution in [2.24, 2.45) is 0 Å². The first-order chi connectivity index (χ1) is 23.5. The lowest BCUT2D eigenvalue weighted by Crippen LogP contribution is -2.32. The molecule has 17 heteroatoms. The van der Waals surface area contributed by atoms with Crippen molar-refractivity contribution in [2.75, 3.05) is 26.2 Å². The van der Waals surface area contributed by atoms with Crippen LogP contribution < -0.4 is 10.2 Å². The molecule has 6 N–H and O–H groups in total. The maximum absolute atomic E-state index is 11.7. The number of benzene rings is 3. The van der Waals surface area contributed by atoms with Crippen molar-refractivity contribution in [3.63, 3.8) is 0 Å². The van der Waals surface area contributed by atoms with E-state index in [1.54, 1.807) is 6.07 Å². The molecular weight excluding hydrogens is 696 g/mol. The molecule has 50 heavy (non-hydrogen) atoms. The Morgan fingerprint density at radius 1 is 0.900 bits per heavy atom. The number of aliphatic hydroxyl groups is 1. The first kappa shape index (κ1) is 40.0. The number of piperidine rings is 1. The molecule has 10 nitrogen and oxygen atoms in total. The summed E-state index contributed by atoms with van der Waals surface area (Å²) >= 11 is 1.01. The van der Waals surface area contributed by atoms with Gasteiger partial charge in [0.25, 0.3) is 0 Å². The third-order valence-corrected chi connectivity index (χ3v) is 8.55. The number of rotatable bonds is 9. The number of hydrogen-bond acceptors (Lipinski definition) is 8. The number of phenols is 1. The maximum atomic E-state index is 11.7. The second-order valence-electron chi connectivity index (χ2n) is 11.2. The number of alkyl halides is 6. The molecule has 0 bridgehead atoms. The molecule has 1 aromatic heterocycles. The molecule has 0 spiro atoms. The average Bonchev–Trinajstić information content (AvgIpc) is 3.46. The van der Waals surface area contributed by atoms with Crippen molar-refractivity contribution >= 4 is 33.5 Å². The van der Waals surface area contributed by atoms with Gasteiger partial charge < -0.3 is 30.7 Å². The fourth-order valence-electron chi connectivity index (χ4n) is 5.17. The molecular formula is C33H35F6N3O7S. The van der Waals surface area contributed by atoms with E-state index >= 15 is 0 Å². The van der Waals surface area contributed by atoms with E-state index in [0.717, 1.165) is 43.9 Å². The van der Waals surface area contributed by atoms with Gasteiger partial charge in [0, 0.05) is 18.7 Å². The van der Waals surface area contributed by atoms with Crippen LogP contribution in [0.25, 0.3) is 10.2 Å². The Morgan fingerprint density at radius 2 is 1.48 bits per heavy atom. The quantitative estimate of drug-likeness (QED) is 0.0922. The largest absolute Gasteiger partial charge is 0.506 e. The number of carboxylic acid groups (broad SMARTS) is 2. The molecule has 4 aromatic rings. The van der Waals surface area contributed by atoms with Gasteiger partial charge in [0.2, 0.25) is 0 Å². The summed E-state index contributed by atoms with van der Waals surface area (Å²) in [5, 5.41) is 38.2. The Bertz CT molecular complexity index is 1730. The zero-order valence-electron chi connectivity index (χ0n) is 26.3. The van der Waals surface area contributed by atoms with Gasteiger partial charge in [-0.25, -0.2) is 9.59 Å². The highest BCUT2D eigenvalue weighted by Crippen LogP contribution is 2.31. The summed E-state index contributed by atoms with van der Waals surface area (Å²) in [6.45, 7) is 4.36. The van der Waals surface area contributed by atoms with Crippen LogP contribution in [-0.2, 0) is 22.6 Å². The second kappa shape index (κ2) is 18.0. The molecule has 5 rings (SSSR count). The van der Waals surface area contributed by atoms with E-state index in [1.165, 1.54) is 35.6 Å². The lowest BCUT2D eigenvalue weighted by molar-refractivity contribution is -0.193. The lowest BCUT2D eigenvalue weighted by atomic mass is 9.89. The number of likely N-dealkylation sites (tertiary alicyclic amines) is 1. The lowest BCUT2D eigenvalue weighted by Gasteiger charge is -2.32. The van der Waals surface area contributed by atoms with Crippen molar-refractivity contribution in [1.82, 2.24) is 15.2 Å². The minimum absolute atomic E-state index is 0.0210. The first-order valence-electron chi connectivity index (χ1n) is 15.1. The molecule has 0 saturated carbocycles. The van der Waals surface area contributed by atoms with Gasteiger partial charge in [0.1, 0.15) is 11.3 Å². The SMILES string of the molecule is O=C(O)C(F)(F)F.O=C(O)C(F)(F)F.O=c1[nH]c2c(O)ccc([C@@H](O)CNCCc3cccc(CN4CCC(c5ccccc5)CC4)c3)c2s1. The summed E-state index contributed by atoms with van der Waals surface area (Å²) in [6.07, 6.45) is -7.63. The van der Waals surface area contributed by atoms with Gasteiger partial charge >= 0.3 is 29.2 Å². The molecule has 0 aliphatic carbocycles. The Kier molecular flexibility index (Phi) is 14.4. The van der Waals surface area contributed by atoms with Gasteiger partial charge in [-0.1, -0.05) is 72.0 Å². The number of carboxylic acids is 2. The van der Waals surface area contributed by atoms with Crippen molar-refractivity contribution in [2.45, 2.75) is 50.2 Å². The van der Waals surface area contributed by atoms with Crippen LogP contribution in [0.3, 0.4) is 0 Å². The van der Waals surface area contributed by atoms with Crippen molar-refractivity contribution < 1.29 is 56.4 Å². The van der Waals surface area contributed by atoms with E-state index in [0.29, 0.717) is 28.2 Å². The highest BCUT2D eigenvalue weighted by atomic mass is 32.1. The van der Waals surface area contributed by atoms with E-state index in [2.05, 4.69) is 69.8 Å². The molecule has 3 aromatic carbocycles. The topological polar surface area (TPSA) is 163 Å². The molecule has 272 valence electrons. The third kappa shape index (κ3) is 12.5. The summed E-state index contributed by atoms with van der Waals surface area (Å²) < 4.78 is 64.1. The fraction of sp³-hybridized carbons (Fsp3) is 0.364. The molecule has 1 fully saturated rings. The standard InChI is InChI=1S/C29H33N3O3S.2C2HF3O2/c33-25-10-9-24(28-27(25)31-29(35)36-28)26(34)18-30-14-11-20-5-4-6-21(17-20)19-32-15-12-23(13-16-32)22-7-2-1-3-8-22;2*3-2(4,5)1(6)7/h1-10,17,23,26,30,33-34H,11-16,18-19H2,(H,31,35);2*(H,6,7)/t26-;;/m0../s1. The predicted molar refractivity (Wildman–Crippen MR) is 173 cm³/mol. The van der Waals surface area contributed by atoms with Gasteiger partial charge in [-0.05, 0) is 67.6 Å². The number of nitrogens with zero attached hydrogens (tertiary/aromatic N) is 1. The Balaban J connectivity index is 0.000000408. The predicted octanol–water partition coefficient (Wildman–Crippen LogP) is 5.81. The Labute approximate surface area is 285 Å².